The van der Waals surface area contributed by atoms with E-state index in [1.165, 1.54) is 0 Å². The molecule has 0 bridgehead atoms. The molecule has 1 aromatic rings. The van der Waals surface area contributed by atoms with Crippen LogP contribution in [0.25, 0.3) is 0 Å². The molecule has 8 heteroatoms. The molecule has 0 radical (unpaired) electrons. The highest BCUT2D eigenvalue weighted by atomic mass is 32.2. The van der Waals surface area contributed by atoms with Crippen LogP contribution in [-0.4, -0.2) is 67.5 Å². The average Bonchev–Trinajstić information content (AvgIpc) is 3.06. The molecule has 0 atom stereocenters. The molecule has 0 unspecified atom stereocenters. The molecule has 2 rings (SSSR count). The number of nitrogens with one attached hydrogen (secondary N) is 1. The van der Waals surface area contributed by atoms with Crippen LogP contribution in [0.2, 0.25) is 0 Å². The standard InChI is InChI=1S/C14H25N5OS2/c15-13(16-3-1-6-19-7-9-20-10-8-19)17-4-2-11-21-14-18-5-12-22-14/h5,12H,1-4,6-11H2,(H3,15,16,17). The van der Waals surface area contributed by atoms with Gasteiger partial charge < -0.3 is 15.8 Å². The van der Waals surface area contributed by atoms with Gasteiger partial charge in [0.05, 0.1) is 13.2 Å². The number of ether oxygens (including phenoxy) is 1. The second kappa shape index (κ2) is 10.8. The number of morpholine rings is 1. The first kappa shape index (κ1) is 17.5. The predicted octanol–water partition coefficient (Wildman–Crippen LogP) is 1.25. The number of hydrogen-bond donors (Lipinski definition) is 2. The van der Waals surface area contributed by atoms with Gasteiger partial charge in [-0.2, -0.15) is 0 Å². The smallest absolute Gasteiger partial charge is 0.188 e. The predicted molar refractivity (Wildman–Crippen MR) is 93.8 cm³/mol. The zero-order valence-corrected chi connectivity index (χ0v) is 14.5. The number of guanidine groups is 1. The molecule has 1 fully saturated rings. The molecular formula is C14H25N5OS2. The molecule has 0 aliphatic carbocycles. The van der Waals surface area contributed by atoms with E-state index < -0.39 is 0 Å². The molecule has 3 N–H and O–H groups in total. The molecule has 1 saturated heterocycles. The summed E-state index contributed by atoms with van der Waals surface area (Å²) in [4.78, 5) is 11.0. The highest BCUT2D eigenvalue weighted by Crippen LogP contribution is 2.20. The summed E-state index contributed by atoms with van der Waals surface area (Å²) in [5.74, 6) is 1.59. The lowest BCUT2D eigenvalue weighted by atomic mass is 10.3. The van der Waals surface area contributed by atoms with Crippen molar-refractivity contribution in [1.29, 1.82) is 0 Å². The third-order valence-corrected chi connectivity index (χ3v) is 5.33. The van der Waals surface area contributed by atoms with Crippen LogP contribution in [0.1, 0.15) is 12.8 Å². The van der Waals surface area contributed by atoms with Crippen molar-refractivity contribution in [1.82, 2.24) is 15.2 Å². The summed E-state index contributed by atoms with van der Waals surface area (Å²) >= 11 is 3.46. The molecule has 22 heavy (non-hydrogen) atoms. The van der Waals surface area contributed by atoms with Crippen molar-refractivity contribution in [3.63, 3.8) is 0 Å². The van der Waals surface area contributed by atoms with Crippen molar-refractivity contribution < 1.29 is 4.74 Å². The molecule has 0 aromatic carbocycles. The van der Waals surface area contributed by atoms with Crippen LogP contribution < -0.4 is 11.1 Å². The molecule has 1 aliphatic rings. The number of rotatable bonds is 9. The first-order valence-corrected chi connectivity index (χ1v) is 9.57. The molecule has 1 aromatic heterocycles. The van der Waals surface area contributed by atoms with Gasteiger partial charge in [0.15, 0.2) is 5.96 Å². The van der Waals surface area contributed by atoms with E-state index in [-0.39, 0.29) is 0 Å². The third kappa shape index (κ3) is 7.44. The van der Waals surface area contributed by atoms with Gasteiger partial charge in [0.1, 0.15) is 4.34 Å². The second-order valence-electron chi connectivity index (χ2n) is 5.00. The normalized spacial score (nSPS) is 16.8. The van der Waals surface area contributed by atoms with Gasteiger partial charge >= 0.3 is 0 Å². The van der Waals surface area contributed by atoms with Crippen LogP contribution in [0.4, 0.5) is 0 Å². The zero-order valence-electron chi connectivity index (χ0n) is 12.9. The Morgan fingerprint density at radius 1 is 1.45 bits per heavy atom. The van der Waals surface area contributed by atoms with Crippen molar-refractivity contribution in [3.8, 4) is 0 Å². The van der Waals surface area contributed by atoms with Gasteiger partial charge in [0, 0.05) is 43.5 Å². The number of nitrogens with two attached hydrogens (primary N) is 1. The summed E-state index contributed by atoms with van der Waals surface area (Å²) < 4.78 is 6.45. The minimum Gasteiger partial charge on any atom is -0.379 e. The highest BCUT2D eigenvalue weighted by molar-refractivity contribution is 8.00. The highest BCUT2D eigenvalue weighted by Gasteiger charge is 2.08. The van der Waals surface area contributed by atoms with E-state index >= 15 is 0 Å². The number of nitrogens with zero attached hydrogens (tertiary/aromatic N) is 3. The van der Waals surface area contributed by atoms with Crippen molar-refractivity contribution in [2.75, 3.05) is 51.7 Å². The number of hydrogen-bond acceptors (Lipinski definition) is 6. The first-order chi connectivity index (χ1) is 10.8. The first-order valence-electron chi connectivity index (χ1n) is 7.71. The minimum atomic E-state index is 0.557. The molecule has 2 heterocycles. The maximum Gasteiger partial charge on any atom is 0.188 e. The number of aromatic nitrogens is 1. The Morgan fingerprint density at radius 2 is 2.32 bits per heavy atom. The largest absolute Gasteiger partial charge is 0.379 e. The van der Waals surface area contributed by atoms with Crippen molar-refractivity contribution >= 4 is 29.1 Å². The maximum atomic E-state index is 5.86. The molecular weight excluding hydrogens is 318 g/mol. The van der Waals surface area contributed by atoms with Crippen LogP contribution in [0.3, 0.4) is 0 Å². The monoisotopic (exact) mass is 343 g/mol. The summed E-state index contributed by atoms with van der Waals surface area (Å²) in [5, 5.41) is 5.18. The zero-order chi connectivity index (χ0) is 15.5. The van der Waals surface area contributed by atoms with E-state index in [0.717, 1.165) is 68.9 Å². The van der Waals surface area contributed by atoms with Crippen LogP contribution in [0.5, 0.6) is 0 Å². The van der Waals surface area contributed by atoms with Gasteiger partial charge in [-0.3, -0.25) is 9.89 Å². The molecule has 1 aliphatic heterocycles. The third-order valence-electron chi connectivity index (χ3n) is 3.28. The van der Waals surface area contributed by atoms with E-state index in [2.05, 4.69) is 20.2 Å². The van der Waals surface area contributed by atoms with Crippen molar-refractivity contribution in [2.24, 2.45) is 10.7 Å². The molecule has 124 valence electrons. The Labute approximate surface area is 140 Å². The minimum absolute atomic E-state index is 0.557. The van der Waals surface area contributed by atoms with Crippen LogP contribution >= 0.6 is 23.1 Å². The van der Waals surface area contributed by atoms with Gasteiger partial charge in [-0.15, -0.1) is 11.3 Å². The fraction of sp³-hybridized carbons (Fsp3) is 0.714. The van der Waals surface area contributed by atoms with Crippen molar-refractivity contribution in [3.05, 3.63) is 11.6 Å². The SMILES string of the molecule is NC(=NCCCSc1nccs1)NCCCN1CCOCC1. The summed E-state index contributed by atoms with van der Waals surface area (Å²) in [5.41, 5.74) is 5.86. The number of aliphatic imine (C=N–C) groups is 1. The van der Waals surface area contributed by atoms with Gasteiger partial charge in [-0.1, -0.05) is 11.8 Å². The van der Waals surface area contributed by atoms with Gasteiger partial charge in [0.25, 0.3) is 0 Å². The summed E-state index contributed by atoms with van der Waals surface area (Å²) in [6, 6.07) is 0. The summed E-state index contributed by atoms with van der Waals surface area (Å²) in [6.07, 6.45) is 3.93. The Morgan fingerprint density at radius 3 is 3.09 bits per heavy atom. The van der Waals surface area contributed by atoms with Gasteiger partial charge in [0.2, 0.25) is 0 Å². The van der Waals surface area contributed by atoms with E-state index in [9.17, 15) is 0 Å². The van der Waals surface area contributed by atoms with Crippen LogP contribution in [-0.2, 0) is 4.74 Å². The van der Waals surface area contributed by atoms with Gasteiger partial charge in [-0.25, -0.2) is 4.98 Å². The van der Waals surface area contributed by atoms with E-state index in [1.54, 1.807) is 23.1 Å². The lowest BCUT2D eigenvalue weighted by Crippen LogP contribution is -2.39. The fourth-order valence-electron chi connectivity index (χ4n) is 2.10. The average molecular weight is 344 g/mol. The summed E-state index contributed by atoms with van der Waals surface area (Å²) in [7, 11) is 0. The number of thiazole rings is 1. The van der Waals surface area contributed by atoms with Gasteiger partial charge in [-0.05, 0) is 19.4 Å². The fourth-order valence-corrected chi connectivity index (χ4v) is 3.74. The van der Waals surface area contributed by atoms with Crippen LogP contribution in [0.15, 0.2) is 20.9 Å². The maximum absolute atomic E-state index is 5.86. The lowest BCUT2D eigenvalue weighted by Gasteiger charge is -2.26. The van der Waals surface area contributed by atoms with Crippen LogP contribution in [0, 0.1) is 0 Å². The Hall–Kier alpha value is -0.830. The summed E-state index contributed by atoms with van der Waals surface area (Å²) in [6.45, 7) is 6.53. The Balaban J connectivity index is 1.44. The molecule has 0 spiro atoms. The molecule has 6 nitrogen and oxygen atoms in total. The van der Waals surface area contributed by atoms with E-state index in [4.69, 9.17) is 10.5 Å². The lowest BCUT2D eigenvalue weighted by molar-refractivity contribution is 0.0376. The van der Waals surface area contributed by atoms with E-state index in [0.29, 0.717) is 5.96 Å². The van der Waals surface area contributed by atoms with E-state index in [1.807, 2.05) is 11.6 Å². The molecule has 0 saturated carbocycles. The Kier molecular flexibility index (Phi) is 8.62. The Bertz CT molecular complexity index is 421. The second-order valence-corrected chi connectivity index (χ2v) is 7.24. The number of thioether (sulfide) groups is 1. The topological polar surface area (TPSA) is 75.8 Å². The van der Waals surface area contributed by atoms with Crippen molar-refractivity contribution in [2.45, 2.75) is 17.2 Å². The quantitative estimate of drug-likeness (QED) is 0.304. The molecule has 0 amide bonds.